The van der Waals surface area contributed by atoms with E-state index in [-0.39, 0.29) is 22.8 Å². The Morgan fingerprint density at radius 1 is 1.10 bits per heavy atom. The van der Waals surface area contributed by atoms with Gasteiger partial charge in [-0.05, 0) is 25.0 Å². The molecule has 0 saturated carbocycles. The van der Waals surface area contributed by atoms with Crippen molar-refractivity contribution in [2.45, 2.75) is 32.7 Å². The number of thioether (sulfide) groups is 1. The summed E-state index contributed by atoms with van der Waals surface area (Å²) in [5.74, 6) is -0.0466. The minimum atomic E-state index is -0.498. The molecule has 2 aromatic carbocycles. The van der Waals surface area contributed by atoms with Crippen LogP contribution < -0.4 is 0 Å². The number of likely N-dealkylation sites (tertiary alicyclic amines) is 1. The Balaban J connectivity index is 1.87. The molecule has 2 amide bonds. The normalized spacial score (nSPS) is 17.6. The lowest BCUT2D eigenvalue weighted by Crippen LogP contribution is -2.46. The minimum absolute atomic E-state index is 0.00332. The molecule has 1 heterocycles. The van der Waals surface area contributed by atoms with E-state index < -0.39 is 6.04 Å². The Kier molecular flexibility index (Phi) is 7.57. The summed E-state index contributed by atoms with van der Waals surface area (Å²) < 4.78 is 1.65. The van der Waals surface area contributed by atoms with Crippen LogP contribution in [0.3, 0.4) is 0 Å². The monoisotopic (exact) mass is 423 g/mol. The summed E-state index contributed by atoms with van der Waals surface area (Å²) in [6, 6.07) is 18.7. The molecule has 156 valence electrons. The van der Waals surface area contributed by atoms with Gasteiger partial charge >= 0.3 is 5.91 Å². The van der Waals surface area contributed by atoms with E-state index >= 15 is 0 Å². The number of hydrogen-bond acceptors (Lipinski definition) is 4. The molecule has 6 heteroatoms. The molecule has 30 heavy (non-hydrogen) atoms. The Morgan fingerprint density at radius 2 is 1.73 bits per heavy atom. The molecule has 2 aromatic rings. The summed E-state index contributed by atoms with van der Waals surface area (Å²) >= 11 is 1.15. The molecule has 0 spiro atoms. The van der Waals surface area contributed by atoms with E-state index in [4.69, 9.17) is 0 Å². The van der Waals surface area contributed by atoms with Gasteiger partial charge in [0.25, 0.3) is 0 Å². The van der Waals surface area contributed by atoms with Gasteiger partial charge in [0, 0.05) is 42.8 Å². The second kappa shape index (κ2) is 10.3. The number of hydrogen-bond donors (Lipinski definition) is 0. The van der Waals surface area contributed by atoms with Crippen molar-refractivity contribution < 1.29 is 19.0 Å². The molecular weight excluding hydrogens is 396 g/mol. The first kappa shape index (κ1) is 22.0. The molecule has 0 unspecified atom stereocenters. The number of para-hydroxylation sites is 1. The molecule has 0 bridgehead atoms. The predicted molar refractivity (Wildman–Crippen MR) is 120 cm³/mol. The van der Waals surface area contributed by atoms with Gasteiger partial charge in [-0.3, -0.25) is 9.59 Å². The zero-order chi connectivity index (χ0) is 21.5. The maximum absolute atomic E-state index is 13.6. The maximum Gasteiger partial charge on any atom is 0.415 e. The van der Waals surface area contributed by atoms with Crippen molar-refractivity contribution in [3.63, 3.8) is 0 Å². The quantitative estimate of drug-likeness (QED) is 0.523. The van der Waals surface area contributed by atoms with Crippen molar-refractivity contribution >= 4 is 40.6 Å². The molecule has 2 atom stereocenters. The van der Waals surface area contributed by atoms with Gasteiger partial charge in [0.2, 0.25) is 11.6 Å². The van der Waals surface area contributed by atoms with E-state index in [0.717, 1.165) is 29.4 Å². The molecule has 5 nitrogen and oxygen atoms in total. The molecule has 1 aliphatic rings. The zero-order valence-corrected chi connectivity index (χ0v) is 18.2. The second-order valence-corrected chi connectivity index (χ2v) is 8.67. The fourth-order valence-corrected chi connectivity index (χ4v) is 4.21. The number of carbonyl (C=O) groups is 3. The molecule has 0 aromatic heterocycles. The summed E-state index contributed by atoms with van der Waals surface area (Å²) in [6.45, 7) is 3.89. The van der Waals surface area contributed by atoms with E-state index in [1.165, 1.54) is 6.92 Å². The molecular formula is C24H27N2O3S+. The van der Waals surface area contributed by atoms with Crippen molar-refractivity contribution in [1.29, 1.82) is 0 Å². The van der Waals surface area contributed by atoms with E-state index in [1.54, 1.807) is 9.48 Å². The van der Waals surface area contributed by atoms with Crippen molar-refractivity contribution in [1.82, 2.24) is 4.90 Å². The number of carbonyl (C=O) groups excluding carboxylic acids is 3. The van der Waals surface area contributed by atoms with Gasteiger partial charge in [-0.2, -0.15) is 0 Å². The summed E-state index contributed by atoms with van der Waals surface area (Å²) in [7, 11) is 0. The van der Waals surface area contributed by atoms with Crippen LogP contribution in [0.2, 0.25) is 0 Å². The first-order chi connectivity index (χ1) is 14.5. The van der Waals surface area contributed by atoms with Crippen molar-refractivity contribution in [3.05, 3.63) is 66.2 Å². The third-order valence-electron chi connectivity index (χ3n) is 5.13. The average Bonchev–Trinajstić information content (AvgIpc) is 3.26. The van der Waals surface area contributed by atoms with Crippen LogP contribution in [-0.2, 0) is 14.4 Å². The smallest absolute Gasteiger partial charge is 0.326 e. The number of nitrogens with zero attached hydrogens (tertiary/aromatic N) is 2. The third kappa shape index (κ3) is 5.45. The Bertz CT molecular complexity index is 928. The van der Waals surface area contributed by atoms with E-state index in [0.29, 0.717) is 18.7 Å². The largest absolute Gasteiger partial charge is 0.415 e. The molecule has 0 radical (unpaired) electrons. The first-order valence-electron chi connectivity index (χ1n) is 10.2. The van der Waals surface area contributed by atoms with Crippen LogP contribution in [0.4, 0.5) is 5.69 Å². The van der Waals surface area contributed by atoms with Crippen LogP contribution in [0.1, 0.15) is 32.3 Å². The molecule has 1 aliphatic heterocycles. The highest BCUT2D eigenvalue weighted by Gasteiger charge is 2.42. The van der Waals surface area contributed by atoms with Gasteiger partial charge in [-0.25, -0.2) is 4.79 Å². The summed E-state index contributed by atoms with van der Waals surface area (Å²) in [6.07, 6.45) is 3.26. The maximum atomic E-state index is 13.6. The SMILES string of the molecule is CC(=O)SC[C@@H](C)C(=O)N1CCC[C@H]1C(=O)[N+](=Cc1ccccc1)c1ccccc1. The summed E-state index contributed by atoms with van der Waals surface area (Å²) in [5, 5.41) is -0.00332. The lowest BCUT2D eigenvalue weighted by Gasteiger charge is -2.24. The average molecular weight is 424 g/mol. The summed E-state index contributed by atoms with van der Waals surface area (Å²) in [5.41, 5.74) is 1.68. The summed E-state index contributed by atoms with van der Waals surface area (Å²) in [4.78, 5) is 39.6. The number of rotatable bonds is 6. The van der Waals surface area contributed by atoms with E-state index in [1.807, 2.05) is 73.8 Å². The second-order valence-electron chi connectivity index (χ2n) is 7.48. The van der Waals surface area contributed by atoms with Crippen LogP contribution in [-0.4, -0.2) is 51.0 Å². The van der Waals surface area contributed by atoms with Gasteiger partial charge in [0.05, 0.1) is 0 Å². The minimum Gasteiger partial charge on any atom is -0.326 e. The molecule has 0 N–H and O–H groups in total. The predicted octanol–water partition coefficient (Wildman–Crippen LogP) is 3.88. The fourth-order valence-electron chi connectivity index (χ4n) is 3.59. The highest BCUT2D eigenvalue weighted by Crippen LogP contribution is 2.24. The Morgan fingerprint density at radius 3 is 2.37 bits per heavy atom. The van der Waals surface area contributed by atoms with Gasteiger partial charge in [0.1, 0.15) is 0 Å². The van der Waals surface area contributed by atoms with E-state index in [9.17, 15) is 14.4 Å². The van der Waals surface area contributed by atoms with Crippen LogP contribution in [0.5, 0.6) is 0 Å². The highest BCUT2D eigenvalue weighted by atomic mass is 32.2. The lowest BCUT2D eigenvalue weighted by atomic mass is 10.1. The fraction of sp³-hybridized carbons (Fsp3) is 0.333. The van der Waals surface area contributed by atoms with Crippen molar-refractivity contribution in [2.75, 3.05) is 12.3 Å². The molecule has 1 saturated heterocycles. The van der Waals surface area contributed by atoms with Gasteiger partial charge in [-0.1, -0.05) is 55.1 Å². The van der Waals surface area contributed by atoms with Gasteiger partial charge in [0.15, 0.2) is 17.4 Å². The highest BCUT2D eigenvalue weighted by molar-refractivity contribution is 8.13. The van der Waals surface area contributed by atoms with Crippen LogP contribution in [0, 0.1) is 5.92 Å². The zero-order valence-electron chi connectivity index (χ0n) is 17.4. The number of amides is 2. The standard InChI is InChI=1S/C24H27N2O3S/c1-18(17-30-19(2)27)23(28)25-15-9-14-22(25)24(29)26(21-12-7-4-8-13-21)16-20-10-5-3-6-11-20/h3-8,10-13,16,18,22H,9,14-15,17H2,1-2H3/q+1/t18-,22+/m1/s1. The molecule has 1 fully saturated rings. The Hall–Kier alpha value is -2.73. The van der Waals surface area contributed by atoms with Crippen molar-refractivity contribution in [3.8, 4) is 0 Å². The topological polar surface area (TPSA) is 57.5 Å². The molecule has 0 aliphatic carbocycles. The van der Waals surface area contributed by atoms with E-state index in [2.05, 4.69) is 0 Å². The van der Waals surface area contributed by atoms with Crippen LogP contribution in [0.25, 0.3) is 0 Å². The lowest BCUT2D eigenvalue weighted by molar-refractivity contribution is -0.366. The number of benzene rings is 2. The first-order valence-corrected chi connectivity index (χ1v) is 11.2. The van der Waals surface area contributed by atoms with Crippen LogP contribution >= 0.6 is 11.8 Å². The van der Waals surface area contributed by atoms with Crippen LogP contribution in [0.15, 0.2) is 60.7 Å². The van der Waals surface area contributed by atoms with Gasteiger partial charge in [-0.15, -0.1) is 4.58 Å². The Labute approximate surface area is 181 Å². The third-order valence-corrected chi connectivity index (χ3v) is 6.20. The van der Waals surface area contributed by atoms with Crippen molar-refractivity contribution in [2.24, 2.45) is 5.92 Å². The molecule has 3 rings (SSSR count). The van der Waals surface area contributed by atoms with Gasteiger partial charge < -0.3 is 4.90 Å².